The number of carbonyl (C=O) groups is 2. The third-order valence-corrected chi connectivity index (χ3v) is 6.25. The summed E-state index contributed by atoms with van der Waals surface area (Å²) in [5.74, 6) is 1.86. The van der Waals surface area contributed by atoms with Gasteiger partial charge in [0.05, 0.1) is 11.9 Å². The monoisotopic (exact) mass is 383 g/mol. The Hall–Kier alpha value is -2.46. The SMILES string of the molecule is N#C[C@@H]1CSCN1C(=O)[C@H]1CCCN1C(=O)CCc1cc2ccccc2o1. The quantitative estimate of drug-likeness (QED) is 0.811. The van der Waals surface area contributed by atoms with Gasteiger partial charge in [0.2, 0.25) is 11.8 Å². The van der Waals surface area contributed by atoms with Crippen LogP contribution in [0.5, 0.6) is 0 Å². The van der Waals surface area contributed by atoms with Crippen molar-refractivity contribution in [1.82, 2.24) is 9.80 Å². The molecule has 0 aliphatic carbocycles. The Morgan fingerprint density at radius 1 is 1.30 bits per heavy atom. The molecule has 0 spiro atoms. The lowest BCUT2D eigenvalue weighted by molar-refractivity contribution is -0.143. The van der Waals surface area contributed by atoms with Crippen molar-refractivity contribution in [2.75, 3.05) is 18.2 Å². The minimum Gasteiger partial charge on any atom is -0.461 e. The van der Waals surface area contributed by atoms with E-state index < -0.39 is 6.04 Å². The maximum Gasteiger partial charge on any atom is 0.247 e. The lowest BCUT2D eigenvalue weighted by Crippen LogP contribution is -2.49. The Morgan fingerprint density at radius 3 is 2.96 bits per heavy atom. The van der Waals surface area contributed by atoms with E-state index in [1.807, 2.05) is 30.3 Å². The van der Waals surface area contributed by atoms with Crippen LogP contribution in [0.15, 0.2) is 34.7 Å². The number of amides is 2. The summed E-state index contributed by atoms with van der Waals surface area (Å²) in [6.45, 7) is 0.605. The van der Waals surface area contributed by atoms with Gasteiger partial charge in [0, 0.05) is 30.5 Å². The van der Waals surface area contributed by atoms with E-state index in [2.05, 4.69) is 6.07 Å². The molecule has 0 N–H and O–H groups in total. The Balaban J connectivity index is 1.40. The molecular weight excluding hydrogens is 362 g/mol. The minimum atomic E-state index is -0.428. The average molecular weight is 383 g/mol. The number of rotatable bonds is 4. The largest absolute Gasteiger partial charge is 0.461 e. The molecule has 2 amide bonds. The second-order valence-corrected chi connectivity index (χ2v) is 7.95. The van der Waals surface area contributed by atoms with Crippen LogP contribution in [-0.4, -0.2) is 51.9 Å². The Bertz CT molecular complexity index is 870. The lowest BCUT2D eigenvalue weighted by atomic mass is 10.1. The summed E-state index contributed by atoms with van der Waals surface area (Å²) in [4.78, 5) is 29.0. The fourth-order valence-corrected chi connectivity index (χ4v) is 4.90. The van der Waals surface area contributed by atoms with Crippen LogP contribution in [0.1, 0.15) is 25.0 Å². The van der Waals surface area contributed by atoms with E-state index in [1.54, 1.807) is 21.6 Å². The first-order valence-electron chi connectivity index (χ1n) is 9.22. The van der Waals surface area contributed by atoms with Gasteiger partial charge in [0.15, 0.2) is 0 Å². The number of furan rings is 1. The fourth-order valence-electron chi connectivity index (χ4n) is 3.81. The standard InChI is InChI=1S/C20H21N3O3S/c21-11-15-12-27-13-23(15)20(25)17-5-3-9-22(17)19(24)8-7-16-10-14-4-1-2-6-18(14)26-16/h1-2,4,6,10,15,17H,3,5,7-9,12-13H2/t15-,17-/m1/s1. The third-order valence-electron chi connectivity index (χ3n) is 5.23. The van der Waals surface area contributed by atoms with E-state index in [0.29, 0.717) is 37.4 Å². The van der Waals surface area contributed by atoms with Crippen LogP contribution in [0.4, 0.5) is 0 Å². The second-order valence-electron chi connectivity index (χ2n) is 6.95. The molecule has 4 rings (SSSR count). The van der Waals surface area contributed by atoms with Gasteiger partial charge in [-0.15, -0.1) is 11.8 Å². The van der Waals surface area contributed by atoms with Crippen molar-refractivity contribution < 1.29 is 14.0 Å². The average Bonchev–Trinajstić information content (AvgIpc) is 3.43. The molecule has 2 aliphatic heterocycles. The molecule has 0 bridgehead atoms. The normalized spacial score (nSPS) is 22.3. The van der Waals surface area contributed by atoms with Crippen LogP contribution in [0.3, 0.4) is 0 Å². The van der Waals surface area contributed by atoms with E-state index in [0.717, 1.165) is 23.2 Å². The number of nitrogens with zero attached hydrogens (tertiary/aromatic N) is 3. The van der Waals surface area contributed by atoms with E-state index in [4.69, 9.17) is 4.42 Å². The summed E-state index contributed by atoms with van der Waals surface area (Å²) in [7, 11) is 0. The molecule has 6 nitrogen and oxygen atoms in total. The van der Waals surface area contributed by atoms with Gasteiger partial charge in [-0.3, -0.25) is 9.59 Å². The number of hydrogen-bond donors (Lipinski definition) is 0. The number of hydrogen-bond acceptors (Lipinski definition) is 5. The molecule has 2 atom stereocenters. The number of thioether (sulfide) groups is 1. The highest BCUT2D eigenvalue weighted by Crippen LogP contribution is 2.27. The molecule has 3 heterocycles. The molecule has 2 aliphatic rings. The number of nitriles is 1. The molecule has 7 heteroatoms. The van der Waals surface area contributed by atoms with Crippen molar-refractivity contribution >= 4 is 34.5 Å². The van der Waals surface area contributed by atoms with E-state index >= 15 is 0 Å². The molecule has 2 aromatic rings. The minimum absolute atomic E-state index is 0.0216. The first-order chi connectivity index (χ1) is 13.2. The highest BCUT2D eigenvalue weighted by molar-refractivity contribution is 7.99. The van der Waals surface area contributed by atoms with Gasteiger partial charge in [-0.25, -0.2) is 0 Å². The highest BCUT2D eigenvalue weighted by atomic mass is 32.2. The summed E-state index contributed by atoms with van der Waals surface area (Å²) in [6, 6.07) is 11.1. The van der Waals surface area contributed by atoms with Gasteiger partial charge in [-0.2, -0.15) is 5.26 Å². The number of fused-ring (bicyclic) bond motifs is 1. The van der Waals surface area contributed by atoms with E-state index in [1.165, 1.54) is 0 Å². The molecule has 0 unspecified atom stereocenters. The number of likely N-dealkylation sites (tertiary alicyclic amines) is 1. The fraction of sp³-hybridized carbons (Fsp3) is 0.450. The van der Waals surface area contributed by atoms with Crippen molar-refractivity contribution in [3.63, 3.8) is 0 Å². The van der Waals surface area contributed by atoms with Gasteiger partial charge in [-0.1, -0.05) is 18.2 Å². The van der Waals surface area contributed by atoms with Crippen molar-refractivity contribution in [1.29, 1.82) is 5.26 Å². The Kier molecular flexibility index (Phi) is 5.08. The summed E-state index contributed by atoms with van der Waals surface area (Å²) in [5.41, 5.74) is 0.822. The zero-order valence-corrected chi connectivity index (χ0v) is 15.8. The zero-order chi connectivity index (χ0) is 18.8. The molecule has 27 heavy (non-hydrogen) atoms. The summed E-state index contributed by atoms with van der Waals surface area (Å²) >= 11 is 1.59. The molecule has 2 fully saturated rings. The van der Waals surface area contributed by atoms with Crippen molar-refractivity contribution in [2.45, 2.75) is 37.8 Å². The molecule has 0 radical (unpaired) electrons. The van der Waals surface area contributed by atoms with Gasteiger partial charge in [-0.05, 0) is 25.0 Å². The van der Waals surface area contributed by atoms with Crippen molar-refractivity contribution in [2.24, 2.45) is 0 Å². The maximum absolute atomic E-state index is 12.9. The molecule has 1 aromatic carbocycles. The number of para-hydroxylation sites is 1. The van der Waals surface area contributed by atoms with Crippen molar-refractivity contribution in [3.05, 3.63) is 36.1 Å². The highest BCUT2D eigenvalue weighted by Gasteiger charge is 2.40. The molecular formula is C20H21N3O3S. The Morgan fingerprint density at radius 2 is 2.15 bits per heavy atom. The van der Waals surface area contributed by atoms with Gasteiger partial charge < -0.3 is 14.2 Å². The van der Waals surface area contributed by atoms with E-state index in [-0.39, 0.29) is 17.9 Å². The lowest BCUT2D eigenvalue weighted by Gasteiger charge is -2.28. The van der Waals surface area contributed by atoms with Crippen LogP contribution >= 0.6 is 11.8 Å². The summed E-state index contributed by atoms with van der Waals surface area (Å²) in [6.07, 6.45) is 2.34. The van der Waals surface area contributed by atoms with Gasteiger partial charge >= 0.3 is 0 Å². The van der Waals surface area contributed by atoms with E-state index in [9.17, 15) is 14.9 Å². The van der Waals surface area contributed by atoms with Crippen molar-refractivity contribution in [3.8, 4) is 6.07 Å². The maximum atomic E-state index is 12.9. The smallest absolute Gasteiger partial charge is 0.247 e. The summed E-state index contributed by atoms with van der Waals surface area (Å²) in [5, 5.41) is 10.3. The molecule has 140 valence electrons. The second kappa shape index (κ2) is 7.65. The first kappa shape index (κ1) is 17.9. The van der Waals surface area contributed by atoms with Crippen LogP contribution in [0.2, 0.25) is 0 Å². The van der Waals surface area contributed by atoms with Crippen LogP contribution in [0.25, 0.3) is 11.0 Å². The van der Waals surface area contributed by atoms with Crippen LogP contribution < -0.4 is 0 Å². The molecule has 1 aromatic heterocycles. The van der Waals surface area contributed by atoms with Gasteiger partial charge in [0.25, 0.3) is 0 Å². The zero-order valence-electron chi connectivity index (χ0n) is 15.0. The Labute approximate surface area is 162 Å². The molecule has 2 saturated heterocycles. The van der Waals surface area contributed by atoms with Gasteiger partial charge in [0.1, 0.15) is 23.4 Å². The summed E-state index contributed by atoms with van der Waals surface area (Å²) < 4.78 is 5.78. The molecule has 0 saturated carbocycles. The predicted octanol–water partition coefficient (Wildman–Crippen LogP) is 2.78. The third kappa shape index (κ3) is 3.54. The van der Waals surface area contributed by atoms with Crippen LogP contribution in [-0.2, 0) is 16.0 Å². The first-order valence-corrected chi connectivity index (χ1v) is 10.4. The van der Waals surface area contributed by atoms with Crippen LogP contribution in [0, 0.1) is 11.3 Å². The number of aryl methyl sites for hydroxylation is 1. The number of benzene rings is 1. The predicted molar refractivity (Wildman–Crippen MR) is 103 cm³/mol. The topological polar surface area (TPSA) is 77.5 Å². The number of carbonyl (C=O) groups excluding carboxylic acids is 2.